The van der Waals surface area contributed by atoms with Crippen LogP contribution < -0.4 is 5.32 Å². The van der Waals surface area contributed by atoms with Crippen LogP contribution in [0.2, 0.25) is 0 Å². The third-order valence-corrected chi connectivity index (χ3v) is 5.73. The molecule has 0 spiro atoms. The number of halogens is 1. The zero-order chi connectivity index (χ0) is 18.1. The van der Waals surface area contributed by atoms with E-state index in [-0.39, 0.29) is 11.7 Å². The summed E-state index contributed by atoms with van der Waals surface area (Å²) >= 11 is 1.63. The van der Waals surface area contributed by atoms with Crippen molar-refractivity contribution in [2.75, 3.05) is 18.4 Å². The molecule has 0 saturated carbocycles. The maximum Gasteiger partial charge on any atom is 0.227 e. The summed E-state index contributed by atoms with van der Waals surface area (Å²) in [6.07, 6.45) is 2.68. The number of aromatic nitrogens is 2. The molecule has 0 bridgehead atoms. The Kier molecular flexibility index (Phi) is 4.55. The number of carbonyl (C=O) groups excluding carboxylic acids is 1. The van der Waals surface area contributed by atoms with Gasteiger partial charge < -0.3 is 10.2 Å². The Balaban J connectivity index is 1.56. The molecule has 1 aromatic carbocycles. The van der Waals surface area contributed by atoms with Crippen LogP contribution in [-0.2, 0) is 24.2 Å². The monoisotopic (exact) mass is 370 g/mol. The van der Waals surface area contributed by atoms with E-state index >= 15 is 0 Å². The standard InChI is InChI=1S/C19H19FN4OS/c1-2-21-18-17-14-7-8-24(10-15(14)26-19(17)23-11-22-18)16(25)9-12-3-5-13(20)6-4-12/h3-6,11H,2,7-10H2,1H3,(H,21,22,23). The molecule has 1 N–H and O–H groups in total. The van der Waals surface area contributed by atoms with E-state index in [4.69, 9.17) is 0 Å². The molecule has 3 aromatic rings. The molecular formula is C19H19FN4OS. The average molecular weight is 370 g/mol. The fraction of sp³-hybridized carbons (Fsp3) is 0.316. The highest BCUT2D eigenvalue weighted by Crippen LogP contribution is 2.37. The zero-order valence-corrected chi connectivity index (χ0v) is 15.3. The first-order valence-corrected chi connectivity index (χ1v) is 9.48. The van der Waals surface area contributed by atoms with E-state index in [1.807, 2.05) is 11.8 Å². The summed E-state index contributed by atoms with van der Waals surface area (Å²) in [5, 5.41) is 4.40. The van der Waals surface area contributed by atoms with Gasteiger partial charge in [-0.05, 0) is 36.6 Å². The van der Waals surface area contributed by atoms with Gasteiger partial charge >= 0.3 is 0 Å². The molecule has 1 aliphatic heterocycles. The van der Waals surface area contributed by atoms with Crippen LogP contribution >= 0.6 is 11.3 Å². The van der Waals surface area contributed by atoms with E-state index in [2.05, 4.69) is 15.3 Å². The molecule has 0 saturated heterocycles. The van der Waals surface area contributed by atoms with Crippen LogP contribution in [0.5, 0.6) is 0 Å². The molecule has 134 valence electrons. The first-order chi connectivity index (χ1) is 12.7. The van der Waals surface area contributed by atoms with Gasteiger partial charge in [0.05, 0.1) is 18.4 Å². The minimum Gasteiger partial charge on any atom is -0.370 e. The third-order valence-electron chi connectivity index (χ3n) is 4.60. The molecule has 1 aliphatic rings. The lowest BCUT2D eigenvalue weighted by Crippen LogP contribution is -2.36. The number of carbonyl (C=O) groups is 1. The molecule has 7 heteroatoms. The van der Waals surface area contributed by atoms with E-state index in [1.165, 1.54) is 22.6 Å². The lowest BCUT2D eigenvalue weighted by atomic mass is 10.0. The molecule has 2 aromatic heterocycles. The summed E-state index contributed by atoms with van der Waals surface area (Å²) in [5.74, 6) is 0.658. The van der Waals surface area contributed by atoms with Gasteiger partial charge in [0.1, 0.15) is 22.8 Å². The van der Waals surface area contributed by atoms with Gasteiger partial charge in [-0.25, -0.2) is 14.4 Å². The number of anilines is 1. The molecule has 0 radical (unpaired) electrons. The van der Waals surface area contributed by atoms with E-state index in [0.29, 0.717) is 19.5 Å². The Morgan fingerprint density at radius 1 is 1.31 bits per heavy atom. The molecule has 0 atom stereocenters. The number of fused-ring (bicyclic) bond motifs is 3. The Bertz CT molecular complexity index is 954. The van der Waals surface area contributed by atoms with Crippen LogP contribution in [0.15, 0.2) is 30.6 Å². The van der Waals surface area contributed by atoms with Crippen molar-refractivity contribution in [2.24, 2.45) is 0 Å². The smallest absolute Gasteiger partial charge is 0.227 e. The topological polar surface area (TPSA) is 58.1 Å². The van der Waals surface area contributed by atoms with E-state index in [0.717, 1.165) is 34.6 Å². The van der Waals surface area contributed by atoms with E-state index < -0.39 is 0 Å². The molecule has 0 fully saturated rings. The maximum atomic E-state index is 13.0. The fourth-order valence-corrected chi connectivity index (χ4v) is 4.53. The minimum atomic E-state index is -0.285. The van der Waals surface area contributed by atoms with Crippen molar-refractivity contribution in [1.82, 2.24) is 14.9 Å². The maximum absolute atomic E-state index is 13.0. The van der Waals surface area contributed by atoms with Crippen LogP contribution in [0.25, 0.3) is 10.2 Å². The summed E-state index contributed by atoms with van der Waals surface area (Å²) in [6, 6.07) is 6.12. The highest BCUT2D eigenvalue weighted by molar-refractivity contribution is 7.19. The average Bonchev–Trinajstić information content (AvgIpc) is 3.02. The first-order valence-electron chi connectivity index (χ1n) is 8.67. The van der Waals surface area contributed by atoms with Gasteiger partial charge in [0, 0.05) is 18.0 Å². The largest absolute Gasteiger partial charge is 0.370 e. The zero-order valence-electron chi connectivity index (χ0n) is 14.5. The summed E-state index contributed by atoms with van der Waals surface area (Å²) in [5.41, 5.74) is 2.09. The van der Waals surface area contributed by atoms with Gasteiger partial charge in [-0.15, -0.1) is 11.3 Å². The molecule has 1 amide bonds. The third kappa shape index (κ3) is 3.14. The highest BCUT2D eigenvalue weighted by atomic mass is 32.1. The quantitative estimate of drug-likeness (QED) is 0.765. The summed E-state index contributed by atoms with van der Waals surface area (Å²) in [6.45, 7) is 4.13. The number of thiophene rings is 1. The molecule has 4 rings (SSSR count). The van der Waals surface area contributed by atoms with Crippen molar-refractivity contribution in [3.63, 3.8) is 0 Å². The van der Waals surface area contributed by atoms with Crippen LogP contribution in [0.3, 0.4) is 0 Å². The van der Waals surface area contributed by atoms with Gasteiger partial charge in [-0.2, -0.15) is 0 Å². The lowest BCUT2D eigenvalue weighted by molar-refractivity contribution is -0.131. The Morgan fingerprint density at radius 3 is 2.88 bits per heavy atom. The van der Waals surface area contributed by atoms with Crippen molar-refractivity contribution in [3.05, 3.63) is 52.4 Å². The molecule has 26 heavy (non-hydrogen) atoms. The molecule has 0 unspecified atom stereocenters. The van der Waals surface area contributed by atoms with Crippen molar-refractivity contribution in [2.45, 2.75) is 26.3 Å². The minimum absolute atomic E-state index is 0.0673. The number of nitrogens with zero attached hydrogens (tertiary/aromatic N) is 3. The summed E-state index contributed by atoms with van der Waals surface area (Å²) in [4.78, 5) is 25.4. The van der Waals surface area contributed by atoms with Gasteiger partial charge in [0.25, 0.3) is 0 Å². The predicted octanol–water partition coefficient (Wildman–Crippen LogP) is 3.39. The number of rotatable bonds is 4. The van der Waals surface area contributed by atoms with E-state index in [9.17, 15) is 9.18 Å². The molecule has 0 aliphatic carbocycles. The SMILES string of the molecule is CCNc1ncnc2sc3c(c12)CCN(C(=O)Cc1ccc(F)cc1)C3. The lowest BCUT2D eigenvalue weighted by Gasteiger charge is -2.27. The Labute approximate surface area is 154 Å². The predicted molar refractivity (Wildman–Crippen MR) is 101 cm³/mol. The number of amides is 1. The van der Waals surface area contributed by atoms with Gasteiger partial charge in [-0.1, -0.05) is 12.1 Å². The normalized spacial score (nSPS) is 13.7. The Morgan fingerprint density at radius 2 is 2.12 bits per heavy atom. The Hall–Kier alpha value is -2.54. The second-order valence-corrected chi connectivity index (χ2v) is 7.39. The van der Waals surface area contributed by atoms with Gasteiger partial charge in [0.2, 0.25) is 5.91 Å². The highest BCUT2D eigenvalue weighted by Gasteiger charge is 2.26. The molecule has 5 nitrogen and oxygen atoms in total. The second-order valence-electron chi connectivity index (χ2n) is 6.31. The van der Waals surface area contributed by atoms with Crippen LogP contribution in [0, 0.1) is 5.82 Å². The van der Waals surface area contributed by atoms with Crippen molar-refractivity contribution in [3.8, 4) is 0 Å². The number of benzene rings is 1. The van der Waals surface area contributed by atoms with E-state index in [1.54, 1.807) is 29.8 Å². The number of hydrogen-bond acceptors (Lipinski definition) is 5. The van der Waals surface area contributed by atoms with Crippen molar-refractivity contribution >= 4 is 33.3 Å². The van der Waals surface area contributed by atoms with Gasteiger partial charge in [0.15, 0.2) is 0 Å². The first kappa shape index (κ1) is 16.9. The van der Waals surface area contributed by atoms with Crippen molar-refractivity contribution in [1.29, 1.82) is 0 Å². The van der Waals surface area contributed by atoms with Crippen LogP contribution in [-0.4, -0.2) is 33.9 Å². The number of nitrogens with one attached hydrogen (secondary N) is 1. The van der Waals surface area contributed by atoms with Crippen LogP contribution in [0.4, 0.5) is 10.2 Å². The summed E-state index contributed by atoms with van der Waals surface area (Å²) in [7, 11) is 0. The van der Waals surface area contributed by atoms with Crippen LogP contribution in [0.1, 0.15) is 22.9 Å². The van der Waals surface area contributed by atoms with Crippen molar-refractivity contribution < 1.29 is 9.18 Å². The summed E-state index contributed by atoms with van der Waals surface area (Å²) < 4.78 is 13.0. The molecule has 3 heterocycles. The molecular weight excluding hydrogens is 351 g/mol. The second kappa shape index (κ2) is 6.99. The fourth-order valence-electron chi connectivity index (χ4n) is 3.33. The number of hydrogen-bond donors (Lipinski definition) is 1. The van der Waals surface area contributed by atoms with Gasteiger partial charge in [-0.3, -0.25) is 4.79 Å².